The summed E-state index contributed by atoms with van der Waals surface area (Å²) in [4.78, 5) is 45.0. The van der Waals surface area contributed by atoms with Crippen LogP contribution in [0.3, 0.4) is 0 Å². The Hall–Kier alpha value is -4.05. The lowest BCUT2D eigenvalue weighted by atomic mass is 10.1. The number of anilines is 1. The van der Waals surface area contributed by atoms with E-state index in [1.54, 1.807) is 24.3 Å². The van der Waals surface area contributed by atoms with Gasteiger partial charge in [0.25, 0.3) is 22.8 Å². The number of carbonyl (C=O) groups is 1. The number of non-ortho nitro benzene ring substituents is 2. The van der Waals surface area contributed by atoms with Gasteiger partial charge in [-0.05, 0) is 17.7 Å². The first-order valence-electron chi connectivity index (χ1n) is 8.44. The van der Waals surface area contributed by atoms with Crippen molar-refractivity contribution in [3.8, 4) is 0 Å². The van der Waals surface area contributed by atoms with E-state index in [0.717, 1.165) is 18.2 Å². The number of nitro benzene ring substituents is 2. The molecule has 30 heavy (non-hydrogen) atoms. The summed E-state index contributed by atoms with van der Waals surface area (Å²) in [7, 11) is 0. The molecule has 0 saturated heterocycles. The second-order valence-electron chi connectivity index (χ2n) is 6.18. The van der Waals surface area contributed by atoms with Gasteiger partial charge in [-0.1, -0.05) is 29.8 Å². The van der Waals surface area contributed by atoms with Crippen LogP contribution < -0.4 is 10.9 Å². The molecule has 3 rings (SSSR count). The smallest absolute Gasteiger partial charge is 0.277 e. The summed E-state index contributed by atoms with van der Waals surface area (Å²) >= 11 is 6.12. The number of aromatic nitrogens is 1. The number of pyridine rings is 1. The number of halogens is 1. The first-order chi connectivity index (χ1) is 14.2. The molecule has 11 heteroatoms. The molecule has 0 bridgehead atoms. The number of carbonyl (C=O) groups excluding carboxylic acids is 1. The molecule has 3 aromatic rings. The molecule has 10 nitrogen and oxygen atoms in total. The zero-order valence-electron chi connectivity index (χ0n) is 15.1. The third-order valence-electron chi connectivity index (χ3n) is 4.13. The molecule has 0 aliphatic heterocycles. The summed E-state index contributed by atoms with van der Waals surface area (Å²) in [5.41, 5.74) is -0.852. The standard InChI is InChI=1S/C19H13ClN4O6/c20-17-4-2-1-3-12(17)10-22-11-14(5-6-18(22)25)21-19(26)13-7-15(23(27)28)9-16(8-13)24(29)30/h1-9,11H,10H2,(H,21,26). The Morgan fingerprint density at radius 2 is 1.63 bits per heavy atom. The first-order valence-corrected chi connectivity index (χ1v) is 8.81. The maximum absolute atomic E-state index is 12.5. The molecule has 1 N–H and O–H groups in total. The van der Waals surface area contributed by atoms with Gasteiger partial charge in [-0.25, -0.2) is 0 Å². The van der Waals surface area contributed by atoms with Crippen molar-refractivity contribution in [1.29, 1.82) is 0 Å². The summed E-state index contributed by atoms with van der Waals surface area (Å²) < 4.78 is 1.33. The normalized spacial score (nSPS) is 10.4. The van der Waals surface area contributed by atoms with Gasteiger partial charge >= 0.3 is 0 Å². The van der Waals surface area contributed by atoms with Crippen molar-refractivity contribution in [1.82, 2.24) is 4.57 Å². The minimum absolute atomic E-state index is 0.157. The number of hydrogen-bond acceptors (Lipinski definition) is 6. The minimum atomic E-state index is -0.826. The highest BCUT2D eigenvalue weighted by atomic mass is 35.5. The predicted molar refractivity (Wildman–Crippen MR) is 109 cm³/mol. The lowest BCUT2D eigenvalue weighted by Crippen LogP contribution is -2.21. The summed E-state index contributed by atoms with van der Waals surface area (Å²) in [5, 5.41) is 24.9. The number of benzene rings is 2. The van der Waals surface area contributed by atoms with Gasteiger partial charge in [0.05, 0.1) is 33.7 Å². The van der Waals surface area contributed by atoms with Gasteiger partial charge in [-0.2, -0.15) is 0 Å². The van der Waals surface area contributed by atoms with Crippen molar-refractivity contribution in [2.45, 2.75) is 6.54 Å². The van der Waals surface area contributed by atoms with Crippen LogP contribution in [0.5, 0.6) is 0 Å². The summed E-state index contributed by atoms with van der Waals surface area (Å²) in [6.45, 7) is 0.157. The van der Waals surface area contributed by atoms with Crippen LogP contribution in [0.25, 0.3) is 0 Å². The summed E-state index contributed by atoms with van der Waals surface area (Å²) in [5.74, 6) is -0.801. The largest absolute Gasteiger partial charge is 0.321 e. The number of nitrogens with one attached hydrogen (secondary N) is 1. The molecule has 0 saturated carbocycles. The second-order valence-corrected chi connectivity index (χ2v) is 6.59. The third-order valence-corrected chi connectivity index (χ3v) is 4.49. The lowest BCUT2D eigenvalue weighted by Gasteiger charge is -2.11. The molecule has 0 aliphatic carbocycles. The van der Waals surface area contributed by atoms with Crippen molar-refractivity contribution in [2.75, 3.05) is 5.32 Å². The van der Waals surface area contributed by atoms with Gasteiger partial charge in [-0.15, -0.1) is 0 Å². The third kappa shape index (κ3) is 4.67. The van der Waals surface area contributed by atoms with Gasteiger partial charge in [0, 0.05) is 29.4 Å². The van der Waals surface area contributed by atoms with Gasteiger partial charge in [-0.3, -0.25) is 29.8 Å². The maximum atomic E-state index is 12.5. The molecule has 0 spiro atoms. The van der Waals surface area contributed by atoms with E-state index < -0.39 is 27.1 Å². The molecular formula is C19H13ClN4O6. The Balaban J connectivity index is 1.89. The molecule has 1 heterocycles. The Bertz CT molecular complexity index is 1190. The van der Waals surface area contributed by atoms with Crippen molar-refractivity contribution in [3.63, 3.8) is 0 Å². The average Bonchev–Trinajstić information content (AvgIpc) is 2.71. The molecular weight excluding hydrogens is 416 g/mol. The van der Waals surface area contributed by atoms with Crippen molar-refractivity contribution < 1.29 is 14.6 Å². The Labute approximate surface area is 173 Å². The molecule has 0 atom stereocenters. The zero-order chi connectivity index (χ0) is 21.8. The van der Waals surface area contributed by atoms with Crippen LogP contribution in [0.15, 0.2) is 65.6 Å². The predicted octanol–water partition coefficient (Wildman–Crippen LogP) is 3.62. The zero-order valence-corrected chi connectivity index (χ0v) is 15.9. The van der Waals surface area contributed by atoms with E-state index in [1.807, 2.05) is 0 Å². The van der Waals surface area contributed by atoms with Crippen LogP contribution in [0.2, 0.25) is 5.02 Å². The fraction of sp³-hybridized carbons (Fsp3) is 0.0526. The number of nitro groups is 2. The van der Waals surface area contributed by atoms with Gasteiger partial charge in [0.15, 0.2) is 0 Å². The van der Waals surface area contributed by atoms with E-state index in [4.69, 9.17) is 11.6 Å². The molecule has 0 radical (unpaired) electrons. The van der Waals surface area contributed by atoms with Crippen molar-refractivity contribution in [2.24, 2.45) is 0 Å². The molecule has 1 amide bonds. The Kier molecular flexibility index (Phi) is 5.88. The fourth-order valence-electron chi connectivity index (χ4n) is 2.68. The number of amides is 1. The van der Waals surface area contributed by atoms with Crippen LogP contribution in [-0.4, -0.2) is 20.3 Å². The van der Waals surface area contributed by atoms with E-state index in [9.17, 15) is 29.8 Å². The molecule has 2 aromatic carbocycles. The van der Waals surface area contributed by atoms with Crippen molar-refractivity contribution >= 4 is 34.6 Å². The van der Waals surface area contributed by atoms with Crippen LogP contribution in [0, 0.1) is 20.2 Å². The van der Waals surface area contributed by atoms with Crippen LogP contribution >= 0.6 is 11.6 Å². The number of hydrogen-bond donors (Lipinski definition) is 1. The summed E-state index contributed by atoms with van der Waals surface area (Å²) in [6, 6.07) is 12.2. The van der Waals surface area contributed by atoms with E-state index in [1.165, 1.54) is 22.9 Å². The van der Waals surface area contributed by atoms with E-state index >= 15 is 0 Å². The Morgan fingerprint density at radius 3 is 2.23 bits per heavy atom. The number of rotatable bonds is 6. The Morgan fingerprint density at radius 1 is 1.00 bits per heavy atom. The number of nitrogens with zero attached hydrogens (tertiary/aromatic N) is 3. The van der Waals surface area contributed by atoms with E-state index in [-0.39, 0.29) is 23.4 Å². The highest BCUT2D eigenvalue weighted by Crippen LogP contribution is 2.23. The van der Waals surface area contributed by atoms with Crippen LogP contribution in [0.1, 0.15) is 15.9 Å². The van der Waals surface area contributed by atoms with Gasteiger partial charge < -0.3 is 9.88 Å². The minimum Gasteiger partial charge on any atom is -0.321 e. The second kappa shape index (κ2) is 8.53. The first kappa shape index (κ1) is 20.7. The highest BCUT2D eigenvalue weighted by molar-refractivity contribution is 6.31. The average molecular weight is 429 g/mol. The van der Waals surface area contributed by atoms with E-state index in [2.05, 4.69) is 5.32 Å². The fourth-order valence-corrected chi connectivity index (χ4v) is 2.87. The van der Waals surface area contributed by atoms with Crippen LogP contribution in [-0.2, 0) is 6.54 Å². The monoisotopic (exact) mass is 428 g/mol. The molecule has 0 fully saturated rings. The molecule has 1 aromatic heterocycles. The van der Waals surface area contributed by atoms with Crippen LogP contribution in [0.4, 0.5) is 17.1 Å². The topological polar surface area (TPSA) is 137 Å². The lowest BCUT2D eigenvalue weighted by molar-refractivity contribution is -0.394. The molecule has 0 aliphatic rings. The van der Waals surface area contributed by atoms with Gasteiger partial charge in [0.2, 0.25) is 0 Å². The summed E-state index contributed by atoms with van der Waals surface area (Å²) in [6.07, 6.45) is 1.38. The quantitative estimate of drug-likeness (QED) is 0.470. The molecule has 152 valence electrons. The van der Waals surface area contributed by atoms with Crippen molar-refractivity contribution in [3.05, 3.63) is 108 Å². The SMILES string of the molecule is O=C(Nc1ccc(=O)n(Cc2ccccc2Cl)c1)c1cc([N+](=O)[O-])cc([N+](=O)[O-])c1. The highest BCUT2D eigenvalue weighted by Gasteiger charge is 2.20. The maximum Gasteiger partial charge on any atom is 0.277 e. The molecule has 0 unspecified atom stereocenters. The van der Waals surface area contributed by atoms with E-state index in [0.29, 0.717) is 10.6 Å². The van der Waals surface area contributed by atoms with Gasteiger partial charge in [0.1, 0.15) is 0 Å².